The molecule has 0 aliphatic carbocycles. The van der Waals surface area contributed by atoms with Crippen LogP contribution in [0.1, 0.15) is 6.92 Å². The molecule has 15 heavy (non-hydrogen) atoms. The fourth-order valence-corrected chi connectivity index (χ4v) is 1.71. The molecule has 5 nitrogen and oxygen atoms in total. The van der Waals surface area contributed by atoms with Gasteiger partial charge in [-0.05, 0) is 0 Å². The van der Waals surface area contributed by atoms with E-state index in [-0.39, 0.29) is 5.41 Å². The topological polar surface area (TPSA) is 60.1 Å². The molecule has 2 aliphatic rings. The van der Waals surface area contributed by atoms with Crippen LogP contribution in [0.3, 0.4) is 0 Å². The van der Waals surface area contributed by atoms with Crippen molar-refractivity contribution < 1.29 is 9.47 Å². The van der Waals surface area contributed by atoms with E-state index in [4.69, 9.17) is 15.2 Å². The molecule has 2 fully saturated rings. The number of hydrogen-bond donors (Lipinski definition) is 1. The zero-order chi connectivity index (χ0) is 10.7. The molecule has 0 spiro atoms. The summed E-state index contributed by atoms with van der Waals surface area (Å²) in [6, 6.07) is 0. The second-order valence-corrected chi connectivity index (χ2v) is 4.58. The number of aliphatic imine (C=N–C) groups is 1. The van der Waals surface area contributed by atoms with Crippen molar-refractivity contribution in [3.05, 3.63) is 0 Å². The van der Waals surface area contributed by atoms with Crippen molar-refractivity contribution >= 4 is 5.96 Å². The summed E-state index contributed by atoms with van der Waals surface area (Å²) in [5.74, 6) is 0.645. The standard InChI is InChI=1S/C10H19N3O2/c1-10(7-15-8-10)6-12-9(11)13-2-4-14-5-3-13/h2-8H2,1H3,(H2,11,12). The van der Waals surface area contributed by atoms with Gasteiger partial charge in [0.2, 0.25) is 0 Å². The van der Waals surface area contributed by atoms with E-state index in [9.17, 15) is 0 Å². The highest BCUT2D eigenvalue weighted by atomic mass is 16.5. The van der Waals surface area contributed by atoms with Crippen LogP contribution in [0, 0.1) is 5.41 Å². The van der Waals surface area contributed by atoms with Crippen molar-refractivity contribution in [3.63, 3.8) is 0 Å². The first-order chi connectivity index (χ1) is 7.20. The Morgan fingerprint density at radius 1 is 1.33 bits per heavy atom. The smallest absolute Gasteiger partial charge is 0.191 e. The maximum absolute atomic E-state index is 5.91. The first-order valence-electron chi connectivity index (χ1n) is 5.40. The maximum Gasteiger partial charge on any atom is 0.191 e. The molecule has 0 saturated carbocycles. The molecule has 0 aromatic carbocycles. The minimum absolute atomic E-state index is 0.205. The number of hydrogen-bond acceptors (Lipinski definition) is 3. The molecule has 2 rings (SSSR count). The molecule has 0 aromatic heterocycles. The van der Waals surface area contributed by atoms with Crippen LogP contribution in [0.15, 0.2) is 4.99 Å². The van der Waals surface area contributed by atoms with Gasteiger partial charge in [-0.1, -0.05) is 6.92 Å². The van der Waals surface area contributed by atoms with Crippen molar-refractivity contribution in [2.45, 2.75) is 6.92 Å². The molecule has 2 heterocycles. The Labute approximate surface area is 90.2 Å². The highest BCUT2D eigenvalue weighted by Crippen LogP contribution is 2.26. The van der Waals surface area contributed by atoms with E-state index in [0.717, 1.165) is 46.1 Å². The van der Waals surface area contributed by atoms with E-state index in [2.05, 4.69) is 16.8 Å². The first kappa shape index (κ1) is 10.7. The van der Waals surface area contributed by atoms with E-state index in [1.54, 1.807) is 0 Å². The summed E-state index contributed by atoms with van der Waals surface area (Å²) in [5.41, 5.74) is 6.12. The molecule has 0 bridgehead atoms. The normalized spacial score (nSPS) is 26.2. The zero-order valence-electron chi connectivity index (χ0n) is 9.24. The molecule has 0 aromatic rings. The van der Waals surface area contributed by atoms with Gasteiger partial charge in [-0.25, -0.2) is 0 Å². The Balaban J connectivity index is 1.82. The molecule has 0 unspecified atom stereocenters. The average molecular weight is 213 g/mol. The maximum atomic E-state index is 5.91. The van der Waals surface area contributed by atoms with Crippen molar-refractivity contribution in [3.8, 4) is 0 Å². The van der Waals surface area contributed by atoms with Crippen LogP contribution in [-0.2, 0) is 9.47 Å². The van der Waals surface area contributed by atoms with Crippen molar-refractivity contribution in [1.29, 1.82) is 0 Å². The van der Waals surface area contributed by atoms with Gasteiger partial charge in [0, 0.05) is 18.5 Å². The predicted molar refractivity (Wildman–Crippen MR) is 57.8 cm³/mol. The van der Waals surface area contributed by atoms with Gasteiger partial charge in [-0.3, -0.25) is 4.99 Å². The van der Waals surface area contributed by atoms with Gasteiger partial charge in [-0.2, -0.15) is 0 Å². The van der Waals surface area contributed by atoms with Crippen LogP contribution in [0.5, 0.6) is 0 Å². The van der Waals surface area contributed by atoms with Gasteiger partial charge in [0.15, 0.2) is 5.96 Å². The van der Waals surface area contributed by atoms with Crippen molar-refractivity contribution in [2.75, 3.05) is 46.1 Å². The van der Waals surface area contributed by atoms with Crippen LogP contribution >= 0.6 is 0 Å². The van der Waals surface area contributed by atoms with Gasteiger partial charge in [0.05, 0.1) is 33.0 Å². The minimum Gasteiger partial charge on any atom is -0.380 e. The van der Waals surface area contributed by atoms with Crippen molar-refractivity contribution in [2.24, 2.45) is 16.1 Å². The van der Waals surface area contributed by atoms with Gasteiger partial charge in [0.25, 0.3) is 0 Å². The van der Waals surface area contributed by atoms with Crippen LogP contribution in [0.25, 0.3) is 0 Å². The predicted octanol–water partition coefficient (Wildman–Crippen LogP) is -0.330. The molecule has 0 amide bonds. The molecule has 5 heteroatoms. The lowest BCUT2D eigenvalue weighted by Gasteiger charge is -2.37. The van der Waals surface area contributed by atoms with E-state index >= 15 is 0 Å². The molecule has 2 saturated heterocycles. The Morgan fingerprint density at radius 3 is 2.53 bits per heavy atom. The number of nitrogens with two attached hydrogens (primary N) is 1. The Kier molecular flexibility index (Phi) is 3.11. The summed E-state index contributed by atoms with van der Waals surface area (Å²) in [6.45, 7) is 7.72. The molecule has 86 valence electrons. The first-order valence-corrected chi connectivity index (χ1v) is 5.40. The number of rotatable bonds is 2. The summed E-state index contributed by atoms with van der Waals surface area (Å²) in [4.78, 5) is 6.50. The molecule has 0 atom stereocenters. The van der Waals surface area contributed by atoms with Crippen LogP contribution in [0.4, 0.5) is 0 Å². The average Bonchev–Trinajstić information content (AvgIpc) is 2.24. The fourth-order valence-electron chi connectivity index (χ4n) is 1.71. The van der Waals surface area contributed by atoms with Crippen LogP contribution < -0.4 is 5.73 Å². The third kappa shape index (κ3) is 2.60. The lowest BCUT2D eigenvalue weighted by atomic mass is 9.89. The van der Waals surface area contributed by atoms with Gasteiger partial charge in [0.1, 0.15) is 0 Å². The summed E-state index contributed by atoms with van der Waals surface area (Å²) in [6.07, 6.45) is 0. The number of guanidine groups is 1. The third-order valence-electron chi connectivity index (χ3n) is 2.86. The summed E-state index contributed by atoms with van der Waals surface area (Å²) >= 11 is 0. The molecular formula is C10H19N3O2. The summed E-state index contributed by atoms with van der Waals surface area (Å²) in [7, 11) is 0. The highest BCUT2D eigenvalue weighted by Gasteiger charge is 2.33. The lowest BCUT2D eigenvalue weighted by molar-refractivity contribution is -0.0946. The van der Waals surface area contributed by atoms with E-state index in [1.165, 1.54) is 0 Å². The van der Waals surface area contributed by atoms with E-state index < -0.39 is 0 Å². The monoisotopic (exact) mass is 213 g/mol. The quantitative estimate of drug-likeness (QED) is 0.504. The van der Waals surface area contributed by atoms with Crippen LogP contribution in [0.2, 0.25) is 0 Å². The van der Waals surface area contributed by atoms with Crippen molar-refractivity contribution in [1.82, 2.24) is 4.90 Å². The SMILES string of the molecule is CC1(CN=C(N)N2CCOCC2)COC1. The number of nitrogens with zero attached hydrogens (tertiary/aromatic N) is 2. The Hall–Kier alpha value is -0.810. The van der Waals surface area contributed by atoms with Gasteiger partial charge >= 0.3 is 0 Å². The minimum atomic E-state index is 0.205. The fraction of sp³-hybridized carbons (Fsp3) is 0.900. The molecule has 0 radical (unpaired) electrons. The van der Waals surface area contributed by atoms with E-state index in [0.29, 0.717) is 5.96 Å². The largest absolute Gasteiger partial charge is 0.380 e. The molecule has 2 aliphatic heterocycles. The Bertz CT molecular complexity index is 245. The highest BCUT2D eigenvalue weighted by molar-refractivity contribution is 5.78. The number of ether oxygens (including phenoxy) is 2. The summed E-state index contributed by atoms with van der Waals surface area (Å²) in [5, 5.41) is 0. The Morgan fingerprint density at radius 2 is 2.00 bits per heavy atom. The van der Waals surface area contributed by atoms with E-state index in [1.807, 2.05) is 0 Å². The second-order valence-electron chi connectivity index (χ2n) is 4.58. The number of morpholine rings is 1. The second kappa shape index (κ2) is 4.37. The zero-order valence-corrected chi connectivity index (χ0v) is 9.24. The van der Waals surface area contributed by atoms with Gasteiger partial charge < -0.3 is 20.1 Å². The third-order valence-corrected chi connectivity index (χ3v) is 2.86. The lowest BCUT2D eigenvalue weighted by Crippen LogP contribution is -2.47. The van der Waals surface area contributed by atoms with Gasteiger partial charge in [-0.15, -0.1) is 0 Å². The molecular weight excluding hydrogens is 194 g/mol. The van der Waals surface area contributed by atoms with Crippen LogP contribution in [-0.4, -0.2) is 56.9 Å². The molecule has 2 N–H and O–H groups in total. The summed E-state index contributed by atoms with van der Waals surface area (Å²) < 4.78 is 10.4.